The minimum absolute atomic E-state index is 0.0222. The molecule has 218 valence electrons. The Morgan fingerprint density at radius 3 is 2.26 bits per heavy atom. The number of rotatable bonds is 7. The van der Waals surface area contributed by atoms with Crippen molar-refractivity contribution in [2.24, 2.45) is 0 Å². The van der Waals surface area contributed by atoms with Crippen LogP contribution in [-0.4, -0.2) is 76.8 Å². The number of nitrogens with one attached hydrogen (secondary N) is 1. The van der Waals surface area contributed by atoms with E-state index in [1.807, 2.05) is 97.1 Å². The van der Waals surface area contributed by atoms with Gasteiger partial charge in [-0.15, -0.1) is 0 Å². The third-order valence-corrected chi connectivity index (χ3v) is 8.88. The summed E-state index contributed by atoms with van der Waals surface area (Å²) in [6.07, 6.45) is 0.307. The van der Waals surface area contributed by atoms with Crippen LogP contribution in [0.15, 0.2) is 103 Å². The maximum absolute atomic E-state index is 13.9. The van der Waals surface area contributed by atoms with Crippen molar-refractivity contribution in [3.8, 4) is 0 Å². The van der Waals surface area contributed by atoms with Gasteiger partial charge >= 0.3 is 0 Å². The highest BCUT2D eigenvalue weighted by molar-refractivity contribution is 5.99. The first-order chi connectivity index (χ1) is 21.0. The van der Waals surface area contributed by atoms with Crippen LogP contribution in [0.5, 0.6) is 0 Å². The lowest BCUT2D eigenvalue weighted by Gasteiger charge is -2.48. The molecule has 3 amide bonds. The Hall–Kier alpha value is -4.53. The van der Waals surface area contributed by atoms with Crippen LogP contribution in [0.25, 0.3) is 10.8 Å². The highest BCUT2D eigenvalue weighted by Crippen LogP contribution is 2.34. The molecule has 4 atom stereocenters. The summed E-state index contributed by atoms with van der Waals surface area (Å²) >= 11 is 0. The molecule has 0 saturated carbocycles. The van der Waals surface area contributed by atoms with Crippen molar-refractivity contribution in [3.63, 3.8) is 0 Å². The average molecular weight is 575 g/mol. The number of fused-ring (bicyclic) bond motifs is 3. The smallest absolute Gasteiger partial charge is 0.247 e. The van der Waals surface area contributed by atoms with Crippen molar-refractivity contribution in [2.45, 2.75) is 37.3 Å². The number of anilines is 1. The molecular formula is C35H34N4O4. The molecule has 1 N–H and O–H groups in total. The molecule has 3 fully saturated rings. The Bertz CT molecular complexity index is 1650. The van der Waals surface area contributed by atoms with Crippen LogP contribution >= 0.6 is 0 Å². The van der Waals surface area contributed by atoms with Crippen molar-refractivity contribution >= 4 is 34.2 Å². The van der Waals surface area contributed by atoms with E-state index in [4.69, 9.17) is 4.74 Å². The van der Waals surface area contributed by atoms with Gasteiger partial charge in [0, 0.05) is 38.3 Å². The number of nitrogens with zero attached hydrogens (tertiary/aromatic N) is 3. The summed E-state index contributed by atoms with van der Waals surface area (Å²) in [5.41, 5.74) is 2.62. The second kappa shape index (κ2) is 11.6. The Balaban J connectivity index is 1.12. The lowest BCUT2D eigenvalue weighted by atomic mass is 9.96. The predicted molar refractivity (Wildman–Crippen MR) is 164 cm³/mol. The summed E-state index contributed by atoms with van der Waals surface area (Å²) in [5.74, 6) is -0.259. The largest absolute Gasteiger partial charge is 0.372 e. The van der Waals surface area contributed by atoms with E-state index in [0.29, 0.717) is 38.3 Å². The molecule has 3 heterocycles. The number of carbonyl (C=O) groups is 3. The minimum atomic E-state index is -0.641. The first-order valence-electron chi connectivity index (χ1n) is 14.9. The number of benzene rings is 4. The number of piperazine rings is 2. The van der Waals surface area contributed by atoms with Gasteiger partial charge in [-0.2, -0.15) is 0 Å². The number of ether oxygens (including phenoxy) is 1. The zero-order valence-electron chi connectivity index (χ0n) is 23.8. The van der Waals surface area contributed by atoms with Crippen molar-refractivity contribution in [3.05, 3.63) is 114 Å². The van der Waals surface area contributed by atoms with Crippen LogP contribution in [-0.2, 0) is 25.7 Å². The summed E-state index contributed by atoms with van der Waals surface area (Å²) in [5, 5.41) is 5.21. The Kier molecular flexibility index (Phi) is 7.39. The van der Waals surface area contributed by atoms with Crippen LogP contribution in [0.4, 0.5) is 5.69 Å². The fourth-order valence-electron chi connectivity index (χ4n) is 6.72. The number of amides is 3. The zero-order valence-corrected chi connectivity index (χ0v) is 23.8. The lowest BCUT2D eigenvalue weighted by Crippen LogP contribution is -2.69. The quantitative estimate of drug-likeness (QED) is 0.357. The van der Waals surface area contributed by atoms with Gasteiger partial charge in [0.05, 0.1) is 12.7 Å². The molecule has 8 heteroatoms. The SMILES string of the molecule is O=C(Nc1ccccc1)C(c1ccc2ccccc2c1)N1CCN2C(=O)C3CC(OCc4ccccc4)CN3C(=O)C2C1. The Morgan fingerprint density at radius 1 is 0.767 bits per heavy atom. The number of hydrogen-bond donors (Lipinski definition) is 1. The predicted octanol–water partition coefficient (Wildman–Crippen LogP) is 4.23. The summed E-state index contributed by atoms with van der Waals surface area (Å²) in [6, 6.07) is 31.7. The van der Waals surface area contributed by atoms with Crippen LogP contribution < -0.4 is 5.32 Å². The lowest BCUT2D eigenvalue weighted by molar-refractivity contribution is -0.164. The van der Waals surface area contributed by atoms with Crippen molar-refractivity contribution in [1.29, 1.82) is 0 Å². The monoisotopic (exact) mass is 574 g/mol. The average Bonchev–Trinajstić information content (AvgIpc) is 3.49. The molecule has 3 saturated heterocycles. The minimum Gasteiger partial charge on any atom is -0.372 e. The van der Waals surface area contributed by atoms with E-state index in [9.17, 15) is 14.4 Å². The van der Waals surface area contributed by atoms with Gasteiger partial charge in [-0.3, -0.25) is 19.3 Å². The molecule has 4 aromatic carbocycles. The molecule has 8 nitrogen and oxygen atoms in total. The number of para-hydroxylation sites is 1. The molecule has 7 rings (SSSR count). The van der Waals surface area contributed by atoms with E-state index in [2.05, 4.69) is 16.3 Å². The zero-order chi connectivity index (χ0) is 29.3. The van der Waals surface area contributed by atoms with Crippen molar-refractivity contribution in [2.75, 3.05) is 31.5 Å². The topological polar surface area (TPSA) is 82.2 Å². The molecule has 0 aliphatic carbocycles. The highest BCUT2D eigenvalue weighted by Gasteiger charge is 2.53. The van der Waals surface area contributed by atoms with Crippen molar-refractivity contribution < 1.29 is 19.1 Å². The van der Waals surface area contributed by atoms with Gasteiger partial charge < -0.3 is 19.9 Å². The van der Waals surface area contributed by atoms with Gasteiger partial charge in [-0.05, 0) is 40.1 Å². The number of hydrogen-bond acceptors (Lipinski definition) is 5. The second-order valence-electron chi connectivity index (χ2n) is 11.6. The third-order valence-electron chi connectivity index (χ3n) is 8.88. The van der Waals surface area contributed by atoms with E-state index < -0.39 is 18.1 Å². The van der Waals surface area contributed by atoms with Gasteiger partial charge in [0.1, 0.15) is 18.1 Å². The summed E-state index contributed by atoms with van der Waals surface area (Å²) in [7, 11) is 0. The second-order valence-corrected chi connectivity index (χ2v) is 11.6. The van der Waals surface area contributed by atoms with E-state index in [0.717, 1.165) is 21.9 Å². The first kappa shape index (κ1) is 27.3. The normalized spacial score (nSPS) is 22.7. The summed E-state index contributed by atoms with van der Waals surface area (Å²) < 4.78 is 6.14. The molecule has 43 heavy (non-hydrogen) atoms. The van der Waals surface area contributed by atoms with Crippen LogP contribution in [0.2, 0.25) is 0 Å². The van der Waals surface area contributed by atoms with Gasteiger partial charge in [0.2, 0.25) is 17.7 Å². The van der Waals surface area contributed by atoms with Gasteiger partial charge in [-0.25, -0.2) is 0 Å². The first-order valence-corrected chi connectivity index (χ1v) is 14.9. The van der Waals surface area contributed by atoms with E-state index in [-0.39, 0.29) is 30.4 Å². The van der Waals surface area contributed by atoms with Crippen LogP contribution in [0.1, 0.15) is 23.6 Å². The van der Waals surface area contributed by atoms with Gasteiger partial charge in [0.25, 0.3) is 0 Å². The highest BCUT2D eigenvalue weighted by atomic mass is 16.5. The molecule has 0 bridgehead atoms. The van der Waals surface area contributed by atoms with E-state index in [1.54, 1.807) is 9.80 Å². The Labute approximate surface area is 250 Å². The van der Waals surface area contributed by atoms with Crippen LogP contribution in [0.3, 0.4) is 0 Å². The standard InChI is InChI=1S/C35H34N4O4/c40-33(36-28-13-5-2-6-14-28)32(27-16-15-25-11-7-8-12-26(25)19-27)37-17-18-38-31(22-37)35(42)39-21-29(20-30(39)34(38)41)43-23-24-9-3-1-4-10-24/h1-16,19,29-32H,17-18,20-23H2,(H,36,40). The summed E-state index contributed by atoms with van der Waals surface area (Å²) in [6.45, 7) is 1.99. The molecule has 0 radical (unpaired) electrons. The fourth-order valence-corrected chi connectivity index (χ4v) is 6.72. The van der Waals surface area contributed by atoms with E-state index in [1.165, 1.54) is 0 Å². The molecule has 3 aliphatic rings. The van der Waals surface area contributed by atoms with Crippen LogP contribution in [0, 0.1) is 0 Å². The van der Waals surface area contributed by atoms with E-state index >= 15 is 0 Å². The maximum atomic E-state index is 13.9. The summed E-state index contributed by atoms with van der Waals surface area (Å²) in [4.78, 5) is 47.0. The Morgan fingerprint density at radius 2 is 1.47 bits per heavy atom. The maximum Gasteiger partial charge on any atom is 0.247 e. The molecule has 3 aliphatic heterocycles. The van der Waals surface area contributed by atoms with Crippen molar-refractivity contribution in [1.82, 2.24) is 14.7 Å². The molecule has 0 spiro atoms. The van der Waals surface area contributed by atoms with Gasteiger partial charge in [-0.1, -0.05) is 84.9 Å². The molecule has 4 aromatic rings. The third kappa shape index (κ3) is 5.40. The fraction of sp³-hybridized carbons (Fsp3) is 0.286. The molecule has 0 aromatic heterocycles. The number of carbonyl (C=O) groups excluding carboxylic acids is 3. The molecule has 4 unspecified atom stereocenters. The van der Waals surface area contributed by atoms with Gasteiger partial charge in [0.15, 0.2) is 0 Å². The molecular weight excluding hydrogens is 540 g/mol.